The Morgan fingerprint density at radius 1 is 0.326 bits per heavy atom. The number of anilines is 9. The van der Waals surface area contributed by atoms with E-state index in [4.69, 9.17) is 4.42 Å². The molecule has 460 valence electrons. The first-order chi connectivity index (χ1) is 41.5. The fraction of sp³-hybridized carbons (Fsp3) is 0.476. The van der Waals surface area contributed by atoms with Crippen LogP contribution in [0.15, 0.2) is 126 Å². The van der Waals surface area contributed by atoms with Gasteiger partial charge in [0.25, 0.3) is 6.71 Å². The summed E-state index contributed by atoms with van der Waals surface area (Å²) in [6, 6.07) is 49.8. The maximum atomic E-state index is 8.00. The molecule has 0 radical (unpaired) electrons. The standard InChI is InChI=1S/C84H100BN3O/c1-75(2)32-35-78(7,8)60-42-52(26-29-57(60)75)86(51-24-22-21-23-25-51)55-45-69-72-70(46-55)88(54-28-31-59-62(44-54)80(11,12)37-34-77(59,5)6)73-56-47-63-66(84(19,20)41-38-81(63,13)14)50-71(56)89-74(73)85(72)67-48-64-65(83(17,18)40-39-82(64,15)16)49-68(67)87(69)53-27-30-58-61(43-53)79(9,10)36-33-76(58,3)4/h21-31,42-50H,32-41H2,1-20H3. The maximum Gasteiger partial charge on any atom is 0.297 e. The van der Waals surface area contributed by atoms with Crippen molar-refractivity contribution in [3.05, 3.63) is 177 Å². The molecule has 0 saturated heterocycles. The Bertz CT molecular complexity index is 4300. The predicted molar refractivity (Wildman–Crippen MR) is 381 cm³/mol. The highest BCUT2D eigenvalue weighted by Gasteiger charge is 2.52. The lowest BCUT2D eigenvalue weighted by Crippen LogP contribution is -2.61. The van der Waals surface area contributed by atoms with Crippen LogP contribution >= 0.6 is 0 Å². The van der Waals surface area contributed by atoms with Crippen LogP contribution in [-0.4, -0.2) is 6.71 Å². The molecule has 2 aliphatic heterocycles. The number of fused-ring (bicyclic) bond motifs is 11. The van der Waals surface area contributed by atoms with Crippen molar-refractivity contribution in [3.63, 3.8) is 0 Å². The van der Waals surface area contributed by atoms with E-state index in [1.54, 1.807) is 0 Å². The van der Waals surface area contributed by atoms with Crippen LogP contribution in [0.3, 0.4) is 0 Å². The third kappa shape index (κ3) is 8.70. The van der Waals surface area contributed by atoms with Crippen molar-refractivity contribution in [2.45, 2.75) is 257 Å². The molecule has 89 heavy (non-hydrogen) atoms. The van der Waals surface area contributed by atoms with Crippen molar-refractivity contribution in [2.75, 3.05) is 14.7 Å². The van der Waals surface area contributed by atoms with E-state index in [2.05, 4.69) is 275 Å². The number of para-hydroxylation sites is 1. The van der Waals surface area contributed by atoms with Crippen LogP contribution in [0.25, 0.3) is 11.0 Å². The van der Waals surface area contributed by atoms with E-state index in [-0.39, 0.29) is 60.9 Å². The molecule has 0 atom stereocenters. The summed E-state index contributed by atoms with van der Waals surface area (Å²) in [6.45, 7) is 49.5. The number of furan rings is 1. The Balaban J connectivity index is 1.12. The molecule has 0 unspecified atom stereocenters. The number of benzene rings is 7. The third-order valence-electron chi connectivity index (χ3n) is 25.1. The minimum absolute atomic E-state index is 0.00111. The first kappa shape index (κ1) is 58.9. The first-order valence-corrected chi connectivity index (χ1v) is 34.4. The molecule has 5 heteroatoms. The van der Waals surface area contributed by atoms with E-state index in [0.29, 0.717) is 0 Å². The van der Waals surface area contributed by atoms with Crippen LogP contribution in [0.1, 0.15) is 258 Å². The summed E-state index contributed by atoms with van der Waals surface area (Å²) < 4.78 is 8.00. The molecule has 0 saturated carbocycles. The van der Waals surface area contributed by atoms with E-state index >= 15 is 0 Å². The van der Waals surface area contributed by atoms with Crippen LogP contribution < -0.4 is 31.3 Å². The molecule has 0 fully saturated rings. The highest BCUT2D eigenvalue weighted by Crippen LogP contribution is 2.58. The predicted octanol–water partition coefficient (Wildman–Crippen LogP) is 21.7. The number of rotatable bonds is 5. The van der Waals surface area contributed by atoms with Crippen LogP contribution in [0.2, 0.25) is 0 Å². The molecular weight excluding hydrogens is 1080 g/mol. The molecule has 4 nitrogen and oxygen atoms in total. The molecule has 0 spiro atoms. The average molecular weight is 1180 g/mol. The Morgan fingerprint density at radius 2 is 0.708 bits per heavy atom. The fourth-order valence-corrected chi connectivity index (χ4v) is 18.4. The SMILES string of the molecule is CC1(C)CCC(C)(C)c2cc(N(c3ccccc3)c3cc4c5c(c3)N(c3ccc6c(c3)C(C)(C)CCC6(C)C)c3c(oc6cc7c(cc36)C(C)(C)CCC7(C)C)B5c3cc5c(cc3N4c3ccc4c(c3)C(C)(C)CCC4(C)C)C(C)(C)CCC5(C)C)ccc21. The first-order valence-electron chi connectivity index (χ1n) is 34.4. The van der Waals surface area contributed by atoms with Gasteiger partial charge < -0.3 is 19.1 Å². The van der Waals surface area contributed by atoms with E-state index in [1.165, 1.54) is 125 Å². The number of hydrogen-bond donors (Lipinski definition) is 0. The second-order valence-corrected chi connectivity index (χ2v) is 35.9. The van der Waals surface area contributed by atoms with Crippen LogP contribution in [-0.2, 0) is 54.1 Å². The summed E-state index contributed by atoms with van der Waals surface area (Å²) in [4.78, 5) is 8.08. The zero-order valence-electron chi connectivity index (χ0n) is 57.9. The molecule has 15 rings (SSSR count). The Morgan fingerprint density at radius 3 is 1.19 bits per heavy atom. The topological polar surface area (TPSA) is 22.9 Å². The lowest BCUT2D eigenvalue weighted by atomic mass is 9.35. The summed E-state index contributed by atoms with van der Waals surface area (Å²) in [5.74, 6) is 0. The molecule has 7 aliphatic rings. The maximum absolute atomic E-state index is 8.00. The van der Waals surface area contributed by atoms with Gasteiger partial charge in [-0.1, -0.05) is 181 Å². The van der Waals surface area contributed by atoms with E-state index < -0.39 is 0 Å². The fourth-order valence-electron chi connectivity index (χ4n) is 18.4. The van der Waals surface area contributed by atoms with Gasteiger partial charge in [0, 0.05) is 45.2 Å². The lowest BCUT2D eigenvalue weighted by Gasteiger charge is -2.47. The van der Waals surface area contributed by atoms with Gasteiger partial charge in [0.1, 0.15) is 5.58 Å². The van der Waals surface area contributed by atoms with Crippen molar-refractivity contribution in [2.24, 2.45) is 0 Å². The molecule has 3 heterocycles. The number of hydrogen-bond acceptors (Lipinski definition) is 4. The summed E-state index contributed by atoms with van der Waals surface area (Å²) in [5, 5.41) is 1.21. The van der Waals surface area contributed by atoms with Gasteiger partial charge in [-0.05, 0) is 264 Å². The highest BCUT2D eigenvalue weighted by molar-refractivity contribution is 7.00. The van der Waals surface area contributed by atoms with Gasteiger partial charge in [0.2, 0.25) is 0 Å². The average Bonchev–Trinajstić information content (AvgIpc) is 1.68. The Hall–Kier alpha value is -6.46. The van der Waals surface area contributed by atoms with E-state index in [1.807, 2.05) is 0 Å². The van der Waals surface area contributed by atoms with Gasteiger partial charge in [0.15, 0.2) is 0 Å². The summed E-state index contributed by atoms with van der Waals surface area (Å²) in [5.41, 5.74) is 30.3. The second kappa shape index (κ2) is 18.6. The van der Waals surface area contributed by atoms with Crippen LogP contribution in [0.5, 0.6) is 0 Å². The van der Waals surface area contributed by atoms with Crippen molar-refractivity contribution < 1.29 is 4.42 Å². The number of nitrogens with zero attached hydrogens (tertiary/aromatic N) is 3. The van der Waals surface area contributed by atoms with Crippen LogP contribution in [0.4, 0.5) is 51.2 Å². The normalized spacial score (nSPS) is 22.3. The minimum Gasteiger partial charge on any atom is -0.468 e. The van der Waals surface area contributed by atoms with Crippen molar-refractivity contribution >= 4 is 85.5 Å². The van der Waals surface area contributed by atoms with Gasteiger partial charge in [-0.15, -0.1) is 0 Å². The lowest BCUT2D eigenvalue weighted by molar-refractivity contribution is 0.332. The van der Waals surface area contributed by atoms with Gasteiger partial charge in [0.05, 0.1) is 17.0 Å². The molecule has 7 aromatic carbocycles. The second-order valence-electron chi connectivity index (χ2n) is 35.9. The van der Waals surface area contributed by atoms with Gasteiger partial charge >= 0.3 is 0 Å². The molecule has 1 aromatic heterocycles. The molecule has 5 aliphatic carbocycles. The Labute approximate surface area is 535 Å². The van der Waals surface area contributed by atoms with Crippen molar-refractivity contribution in [1.82, 2.24) is 0 Å². The summed E-state index contributed by atoms with van der Waals surface area (Å²) in [7, 11) is 0. The van der Waals surface area contributed by atoms with Gasteiger partial charge in [-0.2, -0.15) is 0 Å². The van der Waals surface area contributed by atoms with Crippen molar-refractivity contribution in [1.29, 1.82) is 0 Å². The van der Waals surface area contributed by atoms with Gasteiger partial charge in [-0.25, -0.2) is 0 Å². The zero-order chi connectivity index (χ0) is 63.1. The van der Waals surface area contributed by atoms with Crippen LogP contribution in [0, 0.1) is 0 Å². The highest BCUT2D eigenvalue weighted by atomic mass is 16.3. The van der Waals surface area contributed by atoms with Gasteiger partial charge in [-0.3, -0.25) is 0 Å². The quantitative estimate of drug-likeness (QED) is 0.160. The molecule has 0 amide bonds. The third-order valence-corrected chi connectivity index (χ3v) is 25.1. The Kier molecular flexibility index (Phi) is 12.3. The molecule has 0 bridgehead atoms. The van der Waals surface area contributed by atoms with E-state index in [9.17, 15) is 0 Å². The molecule has 8 aromatic rings. The summed E-state index contributed by atoms with van der Waals surface area (Å²) in [6.07, 6.45) is 11.5. The molecular formula is C84H100BN3O. The summed E-state index contributed by atoms with van der Waals surface area (Å²) >= 11 is 0. The molecule has 0 N–H and O–H groups in total. The van der Waals surface area contributed by atoms with E-state index in [0.717, 1.165) is 74.0 Å². The smallest absolute Gasteiger partial charge is 0.297 e. The van der Waals surface area contributed by atoms with Crippen molar-refractivity contribution in [3.8, 4) is 0 Å². The minimum atomic E-state index is -0.207. The monoisotopic (exact) mass is 1180 g/mol. The largest absolute Gasteiger partial charge is 0.468 e. The zero-order valence-corrected chi connectivity index (χ0v) is 57.9.